The maximum Gasteiger partial charge on any atom is 0.128 e. The van der Waals surface area contributed by atoms with Gasteiger partial charge in [0.25, 0.3) is 0 Å². The number of aromatic nitrogens is 1. The zero-order valence-electron chi connectivity index (χ0n) is 8.69. The number of piperidine rings is 1. The van der Waals surface area contributed by atoms with Crippen LogP contribution in [0.2, 0.25) is 5.02 Å². The molecule has 0 bridgehead atoms. The van der Waals surface area contributed by atoms with Crippen LogP contribution in [0.1, 0.15) is 19.3 Å². The smallest absolute Gasteiger partial charge is 0.128 e. The molecule has 82 valence electrons. The normalized spacial score (nSPS) is 21.7. The molecule has 1 aliphatic heterocycles. The maximum atomic E-state index is 5.82. The van der Waals surface area contributed by atoms with Gasteiger partial charge in [-0.05, 0) is 31.4 Å². The molecule has 2 heterocycles. The molecule has 4 heteroatoms. The zero-order chi connectivity index (χ0) is 10.7. The molecule has 1 aromatic heterocycles. The van der Waals surface area contributed by atoms with Crippen molar-refractivity contribution >= 4 is 17.4 Å². The van der Waals surface area contributed by atoms with Gasteiger partial charge in [-0.2, -0.15) is 0 Å². The van der Waals surface area contributed by atoms with E-state index in [-0.39, 0.29) is 0 Å². The summed E-state index contributed by atoms with van der Waals surface area (Å²) in [5, 5.41) is 0.681. The molecule has 2 rings (SSSR count). The molecular weight excluding hydrogens is 210 g/mol. The van der Waals surface area contributed by atoms with E-state index in [1.807, 2.05) is 12.1 Å². The van der Waals surface area contributed by atoms with E-state index < -0.39 is 0 Å². The fourth-order valence-electron chi connectivity index (χ4n) is 2.09. The standard InChI is InChI=1S/C11H16ClN3/c12-9-4-5-11(14-8-9)15-6-2-1-3-10(15)7-13/h4-5,8,10H,1-3,6-7,13H2. The third kappa shape index (κ3) is 2.41. The summed E-state index contributed by atoms with van der Waals surface area (Å²) in [5.41, 5.74) is 5.77. The molecule has 1 fully saturated rings. The monoisotopic (exact) mass is 225 g/mol. The summed E-state index contributed by atoms with van der Waals surface area (Å²) in [6.07, 6.45) is 5.35. The van der Waals surface area contributed by atoms with Crippen molar-refractivity contribution in [3.8, 4) is 0 Å². The molecule has 1 unspecified atom stereocenters. The van der Waals surface area contributed by atoms with Gasteiger partial charge in [0.2, 0.25) is 0 Å². The number of halogens is 1. The lowest BCUT2D eigenvalue weighted by Crippen LogP contribution is -2.44. The Kier molecular flexibility index (Phi) is 3.44. The number of hydrogen-bond acceptors (Lipinski definition) is 3. The maximum absolute atomic E-state index is 5.82. The molecule has 0 radical (unpaired) electrons. The second-order valence-electron chi connectivity index (χ2n) is 3.91. The highest BCUT2D eigenvalue weighted by molar-refractivity contribution is 6.30. The predicted octanol–water partition coefficient (Wildman–Crippen LogP) is 2.05. The van der Waals surface area contributed by atoms with Gasteiger partial charge in [-0.1, -0.05) is 11.6 Å². The summed E-state index contributed by atoms with van der Waals surface area (Å²) in [6.45, 7) is 1.75. The van der Waals surface area contributed by atoms with Crippen LogP contribution in [0.5, 0.6) is 0 Å². The van der Waals surface area contributed by atoms with Gasteiger partial charge in [-0.3, -0.25) is 0 Å². The molecular formula is C11H16ClN3. The van der Waals surface area contributed by atoms with Crippen molar-refractivity contribution in [2.45, 2.75) is 25.3 Å². The van der Waals surface area contributed by atoms with Crippen molar-refractivity contribution in [1.29, 1.82) is 0 Å². The van der Waals surface area contributed by atoms with Gasteiger partial charge in [-0.15, -0.1) is 0 Å². The molecule has 1 aromatic rings. The number of hydrogen-bond donors (Lipinski definition) is 1. The Morgan fingerprint density at radius 3 is 3.00 bits per heavy atom. The lowest BCUT2D eigenvalue weighted by Gasteiger charge is -2.35. The van der Waals surface area contributed by atoms with Crippen LogP contribution in [0, 0.1) is 0 Å². The number of nitrogens with zero attached hydrogens (tertiary/aromatic N) is 2. The van der Waals surface area contributed by atoms with Crippen LogP contribution in [0.25, 0.3) is 0 Å². The van der Waals surface area contributed by atoms with Crippen molar-refractivity contribution in [2.75, 3.05) is 18.0 Å². The van der Waals surface area contributed by atoms with Crippen LogP contribution in [-0.4, -0.2) is 24.1 Å². The summed E-state index contributed by atoms with van der Waals surface area (Å²) in [6, 6.07) is 4.29. The minimum absolute atomic E-state index is 0.437. The SMILES string of the molecule is NCC1CCCCN1c1ccc(Cl)cn1. The Bertz CT molecular complexity index is 312. The van der Waals surface area contributed by atoms with E-state index in [1.54, 1.807) is 6.20 Å². The minimum atomic E-state index is 0.437. The second kappa shape index (κ2) is 4.81. The van der Waals surface area contributed by atoms with Crippen LogP contribution in [-0.2, 0) is 0 Å². The summed E-state index contributed by atoms with van der Waals surface area (Å²) < 4.78 is 0. The highest BCUT2D eigenvalue weighted by atomic mass is 35.5. The lowest BCUT2D eigenvalue weighted by atomic mass is 10.0. The first kappa shape index (κ1) is 10.7. The predicted molar refractivity (Wildman–Crippen MR) is 63.3 cm³/mol. The molecule has 0 aliphatic carbocycles. The summed E-state index contributed by atoms with van der Waals surface area (Å²) >= 11 is 5.82. The first-order chi connectivity index (χ1) is 7.31. The molecule has 0 saturated carbocycles. The molecule has 1 saturated heterocycles. The third-order valence-electron chi connectivity index (χ3n) is 2.91. The minimum Gasteiger partial charge on any atom is -0.352 e. The lowest BCUT2D eigenvalue weighted by molar-refractivity contribution is 0.462. The van der Waals surface area contributed by atoms with E-state index in [9.17, 15) is 0 Å². The zero-order valence-corrected chi connectivity index (χ0v) is 9.45. The summed E-state index contributed by atoms with van der Waals surface area (Å²) in [7, 11) is 0. The Morgan fingerprint density at radius 1 is 1.47 bits per heavy atom. The average molecular weight is 226 g/mol. The Morgan fingerprint density at radius 2 is 2.33 bits per heavy atom. The fraction of sp³-hybridized carbons (Fsp3) is 0.545. The first-order valence-corrected chi connectivity index (χ1v) is 5.77. The van der Waals surface area contributed by atoms with Gasteiger partial charge in [0.15, 0.2) is 0 Å². The van der Waals surface area contributed by atoms with Crippen LogP contribution in [0.4, 0.5) is 5.82 Å². The van der Waals surface area contributed by atoms with Crippen molar-refractivity contribution in [3.05, 3.63) is 23.4 Å². The number of nitrogens with two attached hydrogens (primary N) is 1. The van der Waals surface area contributed by atoms with E-state index in [2.05, 4.69) is 9.88 Å². The molecule has 3 nitrogen and oxygen atoms in total. The molecule has 15 heavy (non-hydrogen) atoms. The van der Waals surface area contributed by atoms with Crippen molar-refractivity contribution < 1.29 is 0 Å². The molecule has 1 aliphatic rings. The van der Waals surface area contributed by atoms with E-state index in [0.29, 0.717) is 17.6 Å². The number of pyridine rings is 1. The fourth-order valence-corrected chi connectivity index (χ4v) is 2.20. The average Bonchev–Trinajstić information content (AvgIpc) is 2.30. The van der Waals surface area contributed by atoms with Crippen molar-refractivity contribution in [2.24, 2.45) is 5.73 Å². The van der Waals surface area contributed by atoms with E-state index in [0.717, 1.165) is 12.4 Å². The second-order valence-corrected chi connectivity index (χ2v) is 4.35. The quantitative estimate of drug-likeness (QED) is 0.838. The first-order valence-electron chi connectivity index (χ1n) is 5.39. The largest absolute Gasteiger partial charge is 0.352 e. The summed E-state index contributed by atoms with van der Waals surface area (Å²) in [4.78, 5) is 6.63. The van der Waals surface area contributed by atoms with Gasteiger partial charge in [-0.25, -0.2) is 4.98 Å². The van der Waals surface area contributed by atoms with Gasteiger partial charge in [0, 0.05) is 25.3 Å². The van der Waals surface area contributed by atoms with E-state index in [1.165, 1.54) is 19.3 Å². The topological polar surface area (TPSA) is 42.1 Å². The van der Waals surface area contributed by atoms with Crippen LogP contribution < -0.4 is 10.6 Å². The molecule has 1 atom stereocenters. The third-order valence-corrected chi connectivity index (χ3v) is 3.13. The molecule has 0 amide bonds. The Labute approximate surface area is 95.2 Å². The van der Waals surface area contributed by atoms with Crippen LogP contribution in [0.15, 0.2) is 18.3 Å². The van der Waals surface area contributed by atoms with Gasteiger partial charge in [0.05, 0.1) is 5.02 Å². The van der Waals surface area contributed by atoms with Crippen LogP contribution >= 0.6 is 11.6 Å². The number of rotatable bonds is 2. The summed E-state index contributed by atoms with van der Waals surface area (Å²) in [5.74, 6) is 0.995. The Balaban J connectivity index is 2.16. The number of anilines is 1. The van der Waals surface area contributed by atoms with Gasteiger partial charge >= 0.3 is 0 Å². The Hall–Kier alpha value is -0.800. The highest BCUT2D eigenvalue weighted by Gasteiger charge is 2.21. The molecule has 2 N–H and O–H groups in total. The van der Waals surface area contributed by atoms with Gasteiger partial charge < -0.3 is 10.6 Å². The molecule has 0 aromatic carbocycles. The van der Waals surface area contributed by atoms with Crippen LogP contribution in [0.3, 0.4) is 0 Å². The van der Waals surface area contributed by atoms with E-state index in [4.69, 9.17) is 17.3 Å². The molecule has 0 spiro atoms. The van der Waals surface area contributed by atoms with Crippen molar-refractivity contribution in [3.63, 3.8) is 0 Å². The van der Waals surface area contributed by atoms with E-state index >= 15 is 0 Å². The van der Waals surface area contributed by atoms with Gasteiger partial charge in [0.1, 0.15) is 5.82 Å². The van der Waals surface area contributed by atoms with Crippen molar-refractivity contribution in [1.82, 2.24) is 4.98 Å². The highest BCUT2D eigenvalue weighted by Crippen LogP contribution is 2.23.